The minimum absolute atomic E-state index is 0.105. The number of sulfonamides is 1. The van der Waals surface area contributed by atoms with Crippen molar-refractivity contribution in [3.8, 4) is 0 Å². The van der Waals surface area contributed by atoms with Crippen LogP contribution in [0.3, 0.4) is 0 Å². The lowest BCUT2D eigenvalue weighted by Gasteiger charge is -2.09. The fourth-order valence-electron chi connectivity index (χ4n) is 1.71. The Labute approximate surface area is 146 Å². The number of amides is 1. The number of rotatable bonds is 6. The summed E-state index contributed by atoms with van der Waals surface area (Å²) < 4.78 is 63.2. The summed E-state index contributed by atoms with van der Waals surface area (Å²) in [4.78, 5) is 13.0. The summed E-state index contributed by atoms with van der Waals surface area (Å²) in [7, 11) is -4.59. The standard InChI is InChI=1S/C15H13F3N2O3S2/c1-9-2-4-10(5-3-9)24-8-13(21)19-20-25(22,23)12-7-6-11(16)14(17)15(12)18/h2-7,20H,8H2,1H3,(H,19,21). The molecule has 0 unspecified atom stereocenters. The number of benzene rings is 2. The van der Waals surface area contributed by atoms with Crippen LogP contribution in [0.1, 0.15) is 5.56 Å². The average molecular weight is 390 g/mol. The van der Waals surface area contributed by atoms with Crippen molar-refractivity contribution in [1.29, 1.82) is 0 Å². The minimum Gasteiger partial charge on any atom is -0.277 e. The van der Waals surface area contributed by atoms with E-state index < -0.39 is 38.3 Å². The van der Waals surface area contributed by atoms with E-state index in [4.69, 9.17) is 0 Å². The van der Waals surface area contributed by atoms with E-state index in [9.17, 15) is 26.4 Å². The molecule has 0 aromatic heterocycles. The fraction of sp³-hybridized carbons (Fsp3) is 0.133. The topological polar surface area (TPSA) is 75.3 Å². The van der Waals surface area contributed by atoms with Crippen LogP contribution in [0.4, 0.5) is 13.2 Å². The lowest BCUT2D eigenvalue weighted by molar-refractivity contribution is -0.119. The second-order valence-corrected chi connectivity index (χ2v) is 7.63. The van der Waals surface area contributed by atoms with E-state index >= 15 is 0 Å². The summed E-state index contributed by atoms with van der Waals surface area (Å²) in [6, 6.07) is 8.34. The van der Waals surface area contributed by atoms with Gasteiger partial charge in [0.25, 0.3) is 10.0 Å². The number of nitrogens with one attached hydrogen (secondary N) is 2. The van der Waals surface area contributed by atoms with Gasteiger partial charge in [-0.15, -0.1) is 16.6 Å². The van der Waals surface area contributed by atoms with Gasteiger partial charge in [-0.1, -0.05) is 17.7 Å². The van der Waals surface area contributed by atoms with Crippen LogP contribution in [0.25, 0.3) is 0 Å². The van der Waals surface area contributed by atoms with E-state index in [0.717, 1.165) is 22.2 Å². The Morgan fingerprint density at radius 1 is 1.04 bits per heavy atom. The molecule has 0 aliphatic heterocycles. The summed E-state index contributed by atoms with van der Waals surface area (Å²) in [6.45, 7) is 1.91. The van der Waals surface area contributed by atoms with Crippen LogP contribution < -0.4 is 10.3 Å². The van der Waals surface area contributed by atoms with Crippen LogP contribution in [0.5, 0.6) is 0 Å². The van der Waals surface area contributed by atoms with Gasteiger partial charge in [-0.25, -0.2) is 21.6 Å². The summed E-state index contributed by atoms with van der Waals surface area (Å²) in [5.41, 5.74) is 2.93. The molecular formula is C15H13F3N2O3S2. The lowest BCUT2D eigenvalue weighted by Crippen LogP contribution is -2.42. The minimum atomic E-state index is -4.59. The average Bonchev–Trinajstić information content (AvgIpc) is 2.57. The first-order valence-corrected chi connectivity index (χ1v) is 9.31. The van der Waals surface area contributed by atoms with Gasteiger partial charge in [-0.3, -0.25) is 10.2 Å². The van der Waals surface area contributed by atoms with Crippen LogP contribution >= 0.6 is 11.8 Å². The molecule has 0 bridgehead atoms. The van der Waals surface area contributed by atoms with Crippen LogP contribution in [0.2, 0.25) is 0 Å². The molecule has 5 nitrogen and oxygen atoms in total. The first-order chi connectivity index (χ1) is 11.7. The number of hydrogen-bond donors (Lipinski definition) is 2. The third-order valence-corrected chi connectivity index (χ3v) is 5.28. The second-order valence-electron chi connectivity index (χ2n) is 4.93. The van der Waals surface area contributed by atoms with Crippen LogP contribution in [-0.2, 0) is 14.8 Å². The lowest BCUT2D eigenvalue weighted by atomic mass is 10.2. The predicted octanol–water partition coefficient (Wildman–Crippen LogP) is 2.51. The Kier molecular flexibility index (Phi) is 6.09. The zero-order valence-corrected chi connectivity index (χ0v) is 14.5. The molecule has 2 aromatic rings. The Bertz CT molecular complexity index is 888. The molecule has 0 saturated carbocycles. The number of carbonyl (C=O) groups is 1. The maximum absolute atomic E-state index is 13.5. The molecule has 2 aromatic carbocycles. The molecular weight excluding hydrogens is 377 g/mol. The van der Waals surface area contributed by atoms with Crippen LogP contribution in [0.15, 0.2) is 46.2 Å². The molecule has 0 fully saturated rings. The SMILES string of the molecule is Cc1ccc(SCC(=O)NNS(=O)(=O)c2ccc(F)c(F)c2F)cc1. The van der Waals surface area contributed by atoms with Crippen molar-refractivity contribution in [2.45, 2.75) is 16.7 Å². The molecule has 0 heterocycles. The van der Waals surface area contributed by atoms with Gasteiger partial charge in [-0.2, -0.15) is 0 Å². The molecule has 0 aliphatic carbocycles. The van der Waals surface area contributed by atoms with Crippen molar-refractivity contribution in [3.63, 3.8) is 0 Å². The summed E-state index contributed by atoms with van der Waals surface area (Å²) in [6.07, 6.45) is 0. The second kappa shape index (κ2) is 7.89. The summed E-state index contributed by atoms with van der Waals surface area (Å²) in [5.74, 6) is -6.10. The molecule has 0 atom stereocenters. The zero-order chi connectivity index (χ0) is 18.6. The largest absolute Gasteiger partial charge is 0.277 e. The highest BCUT2D eigenvalue weighted by Gasteiger charge is 2.24. The van der Waals surface area contributed by atoms with Crippen molar-refractivity contribution in [2.24, 2.45) is 0 Å². The Hall–Kier alpha value is -2.04. The smallest absolute Gasteiger partial charge is 0.260 e. The highest BCUT2D eigenvalue weighted by molar-refractivity contribution is 8.00. The molecule has 2 rings (SSSR count). The van der Waals surface area contributed by atoms with Crippen molar-refractivity contribution in [3.05, 3.63) is 59.4 Å². The van der Waals surface area contributed by atoms with E-state index in [-0.39, 0.29) is 5.75 Å². The van der Waals surface area contributed by atoms with Gasteiger partial charge in [0, 0.05) is 4.90 Å². The van der Waals surface area contributed by atoms with Crippen molar-refractivity contribution < 1.29 is 26.4 Å². The van der Waals surface area contributed by atoms with Crippen molar-refractivity contribution in [2.75, 3.05) is 5.75 Å². The summed E-state index contributed by atoms with van der Waals surface area (Å²) in [5, 5.41) is 0. The Morgan fingerprint density at radius 3 is 2.32 bits per heavy atom. The van der Waals surface area contributed by atoms with E-state index in [2.05, 4.69) is 0 Å². The highest BCUT2D eigenvalue weighted by Crippen LogP contribution is 2.20. The normalized spacial score (nSPS) is 11.4. The monoisotopic (exact) mass is 390 g/mol. The van der Waals surface area contributed by atoms with Gasteiger partial charge in [-0.05, 0) is 31.2 Å². The third kappa shape index (κ3) is 4.97. The van der Waals surface area contributed by atoms with Gasteiger partial charge in [0.1, 0.15) is 4.90 Å². The number of aryl methyl sites for hydroxylation is 1. The molecule has 1 amide bonds. The van der Waals surface area contributed by atoms with Gasteiger partial charge >= 0.3 is 0 Å². The summed E-state index contributed by atoms with van der Waals surface area (Å²) >= 11 is 1.16. The molecule has 0 radical (unpaired) electrons. The molecule has 25 heavy (non-hydrogen) atoms. The number of carbonyl (C=O) groups excluding carboxylic acids is 1. The first kappa shape index (κ1) is 19.3. The Balaban J connectivity index is 1.96. The number of thioether (sulfide) groups is 1. The van der Waals surface area contributed by atoms with E-state index in [1.165, 1.54) is 0 Å². The quantitative estimate of drug-likeness (QED) is 0.452. The van der Waals surface area contributed by atoms with Gasteiger partial charge in [0.15, 0.2) is 17.5 Å². The molecule has 0 spiro atoms. The van der Waals surface area contributed by atoms with Crippen molar-refractivity contribution in [1.82, 2.24) is 10.3 Å². The maximum atomic E-state index is 13.5. The maximum Gasteiger partial charge on any atom is 0.260 e. The molecule has 2 N–H and O–H groups in total. The van der Waals surface area contributed by atoms with Crippen LogP contribution in [0, 0.1) is 24.4 Å². The Morgan fingerprint density at radius 2 is 1.68 bits per heavy atom. The fourth-order valence-corrected chi connectivity index (χ4v) is 3.34. The van der Waals surface area contributed by atoms with Gasteiger partial charge in [0.05, 0.1) is 5.75 Å². The first-order valence-electron chi connectivity index (χ1n) is 6.84. The van der Waals surface area contributed by atoms with Gasteiger partial charge < -0.3 is 0 Å². The number of hydrazine groups is 1. The molecule has 10 heteroatoms. The number of hydrogen-bond acceptors (Lipinski definition) is 4. The zero-order valence-electron chi connectivity index (χ0n) is 12.8. The predicted molar refractivity (Wildman–Crippen MR) is 86.7 cm³/mol. The number of halogens is 3. The molecule has 134 valence electrons. The van der Waals surface area contributed by atoms with Crippen LogP contribution in [-0.4, -0.2) is 20.1 Å². The molecule has 0 aliphatic rings. The van der Waals surface area contributed by atoms with E-state index in [0.29, 0.717) is 12.1 Å². The van der Waals surface area contributed by atoms with Gasteiger partial charge in [0.2, 0.25) is 5.91 Å². The van der Waals surface area contributed by atoms with E-state index in [1.807, 2.05) is 24.5 Å². The van der Waals surface area contributed by atoms with E-state index in [1.54, 1.807) is 17.0 Å². The highest BCUT2D eigenvalue weighted by atomic mass is 32.2. The molecule has 0 saturated heterocycles. The third-order valence-electron chi connectivity index (χ3n) is 3.00. The van der Waals surface area contributed by atoms with Crippen molar-refractivity contribution >= 4 is 27.7 Å².